The maximum Gasteiger partial charge on any atom is 0.451 e. The number of hydrogen-bond donors (Lipinski definition) is 1. The van der Waals surface area contributed by atoms with E-state index in [4.69, 9.17) is 5.73 Å². The average Bonchev–Trinajstić information content (AvgIpc) is 2.94. The van der Waals surface area contributed by atoms with Crippen LogP contribution in [0, 0.1) is 5.92 Å². The molecule has 3 rings (SSSR count). The van der Waals surface area contributed by atoms with Crippen LogP contribution in [0.4, 0.5) is 13.2 Å². The molecule has 0 saturated carbocycles. The molecule has 1 aromatic rings. The van der Waals surface area contributed by atoms with Crippen LogP contribution in [0.2, 0.25) is 0 Å². The molecule has 0 fully saturated rings. The summed E-state index contributed by atoms with van der Waals surface area (Å²) < 4.78 is 39.3. The largest absolute Gasteiger partial charge is 0.451 e. The van der Waals surface area contributed by atoms with E-state index in [1.54, 1.807) is 0 Å². The number of halogens is 3. The monoisotopic (exact) mass is 287 g/mol. The van der Waals surface area contributed by atoms with Gasteiger partial charge >= 0.3 is 6.18 Å². The van der Waals surface area contributed by atoms with Gasteiger partial charge in [0, 0.05) is 25.7 Å². The molecule has 5 nitrogen and oxygen atoms in total. The van der Waals surface area contributed by atoms with Gasteiger partial charge in [-0.25, -0.2) is 0 Å². The molecular weight excluding hydrogens is 271 g/mol. The number of fused-ring (bicyclic) bond motifs is 1. The lowest BCUT2D eigenvalue weighted by Gasteiger charge is -2.29. The first-order chi connectivity index (χ1) is 9.43. The fourth-order valence-electron chi connectivity index (χ4n) is 2.85. The van der Waals surface area contributed by atoms with Crippen molar-refractivity contribution in [2.45, 2.75) is 31.7 Å². The van der Waals surface area contributed by atoms with Crippen LogP contribution in [0.15, 0.2) is 12.2 Å². The second-order valence-corrected chi connectivity index (χ2v) is 5.37. The highest BCUT2D eigenvalue weighted by Crippen LogP contribution is 2.29. The Bertz CT molecular complexity index is 522. The molecule has 110 valence electrons. The quantitative estimate of drug-likeness (QED) is 0.825. The van der Waals surface area contributed by atoms with E-state index >= 15 is 0 Å². The van der Waals surface area contributed by atoms with Crippen molar-refractivity contribution in [3.05, 3.63) is 23.8 Å². The van der Waals surface area contributed by atoms with Crippen molar-refractivity contribution < 1.29 is 13.2 Å². The van der Waals surface area contributed by atoms with Gasteiger partial charge in [0.1, 0.15) is 5.82 Å². The molecule has 0 spiro atoms. The minimum atomic E-state index is -4.44. The van der Waals surface area contributed by atoms with Crippen molar-refractivity contribution in [3.8, 4) is 0 Å². The maximum atomic E-state index is 12.7. The molecular formula is C12H16F3N5. The smallest absolute Gasteiger partial charge is 0.324 e. The molecule has 1 aliphatic carbocycles. The first-order valence-electron chi connectivity index (χ1n) is 6.59. The van der Waals surface area contributed by atoms with Crippen molar-refractivity contribution in [3.63, 3.8) is 0 Å². The van der Waals surface area contributed by atoms with Crippen molar-refractivity contribution >= 4 is 0 Å². The molecule has 2 aliphatic rings. The molecule has 1 aliphatic heterocycles. The van der Waals surface area contributed by atoms with E-state index < -0.39 is 12.0 Å². The van der Waals surface area contributed by atoms with Gasteiger partial charge in [0.25, 0.3) is 0 Å². The third-order valence-corrected chi connectivity index (χ3v) is 3.78. The zero-order chi connectivity index (χ0) is 14.3. The summed E-state index contributed by atoms with van der Waals surface area (Å²) in [5.74, 6) is -0.133. The third-order valence-electron chi connectivity index (χ3n) is 3.78. The van der Waals surface area contributed by atoms with Gasteiger partial charge in [-0.2, -0.15) is 13.2 Å². The Balaban J connectivity index is 1.67. The number of hydrogen-bond acceptors (Lipinski definition) is 4. The molecule has 2 heterocycles. The molecule has 2 unspecified atom stereocenters. The molecule has 2 atom stereocenters. The summed E-state index contributed by atoms with van der Waals surface area (Å²) in [6, 6.07) is 0.102. The van der Waals surface area contributed by atoms with Gasteiger partial charge in [0.05, 0.1) is 6.54 Å². The van der Waals surface area contributed by atoms with Crippen molar-refractivity contribution in [1.82, 2.24) is 19.7 Å². The van der Waals surface area contributed by atoms with E-state index in [2.05, 4.69) is 21.2 Å². The van der Waals surface area contributed by atoms with Crippen molar-refractivity contribution in [2.24, 2.45) is 11.7 Å². The molecule has 8 heteroatoms. The zero-order valence-electron chi connectivity index (χ0n) is 10.8. The molecule has 2 N–H and O–H groups in total. The lowest BCUT2D eigenvalue weighted by atomic mass is 10.1. The molecule has 0 radical (unpaired) electrons. The van der Waals surface area contributed by atoms with Crippen LogP contribution >= 0.6 is 0 Å². The Morgan fingerprint density at radius 2 is 2.05 bits per heavy atom. The van der Waals surface area contributed by atoms with Gasteiger partial charge in [-0.05, 0) is 12.3 Å². The Morgan fingerprint density at radius 1 is 1.25 bits per heavy atom. The third kappa shape index (κ3) is 2.57. The first kappa shape index (κ1) is 13.6. The minimum absolute atomic E-state index is 0.102. The molecule has 0 saturated heterocycles. The predicted octanol–water partition coefficient (Wildman–Crippen LogP) is 1.02. The summed E-state index contributed by atoms with van der Waals surface area (Å²) >= 11 is 0. The predicted molar refractivity (Wildman–Crippen MR) is 65.5 cm³/mol. The minimum Gasteiger partial charge on any atom is -0.324 e. The number of nitrogens with two attached hydrogens (primary N) is 1. The molecule has 0 aromatic carbocycles. The highest BCUT2D eigenvalue weighted by Gasteiger charge is 2.39. The summed E-state index contributed by atoms with van der Waals surface area (Å²) in [5.41, 5.74) is 5.80. The van der Waals surface area contributed by atoms with Gasteiger partial charge in [-0.3, -0.25) is 4.90 Å². The van der Waals surface area contributed by atoms with Crippen molar-refractivity contribution in [1.29, 1.82) is 0 Å². The Labute approximate surface area is 114 Å². The van der Waals surface area contributed by atoms with Gasteiger partial charge in [0.15, 0.2) is 0 Å². The van der Waals surface area contributed by atoms with E-state index in [0.717, 1.165) is 13.0 Å². The SMILES string of the molecule is NC1C=CC(CN2CCn3c(nnc3C(F)(F)F)C2)C1. The van der Waals surface area contributed by atoms with Gasteiger partial charge in [0.2, 0.25) is 5.82 Å². The van der Waals surface area contributed by atoms with E-state index in [1.807, 2.05) is 6.08 Å². The normalized spacial score (nSPS) is 27.0. The summed E-state index contributed by atoms with van der Waals surface area (Å²) in [7, 11) is 0. The standard InChI is InChI=1S/C12H16F3N5/c13-12(14,15)11-18-17-10-7-19(3-4-20(10)11)6-8-1-2-9(16)5-8/h1-2,8-9H,3-7,16H2. The summed E-state index contributed by atoms with van der Waals surface area (Å²) in [5, 5.41) is 6.95. The first-order valence-corrected chi connectivity index (χ1v) is 6.59. The molecule has 1 aromatic heterocycles. The maximum absolute atomic E-state index is 12.7. The highest BCUT2D eigenvalue weighted by atomic mass is 19.4. The fraction of sp³-hybridized carbons (Fsp3) is 0.667. The summed E-state index contributed by atoms with van der Waals surface area (Å²) in [4.78, 5) is 2.11. The Kier molecular flexibility index (Phi) is 3.29. The second-order valence-electron chi connectivity index (χ2n) is 5.37. The number of nitrogens with zero attached hydrogens (tertiary/aromatic N) is 4. The molecule has 0 amide bonds. The van der Waals surface area contributed by atoms with Crippen LogP contribution in [-0.2, 0) is 19.3 Å². The lowest BCUT2D eigenvalue weighted by Crippen LogP contribution is -2.38. The highest BCUT2D eigenvalue weighted by molar-refractivity contribution is 5.07. The van der Waals surface area contributed by atoms with Crippen LogP contribution in [0.25, 0.3) is 0 Å². The van der Waals surface area contributed by atoms with Crippen LogP contribution in [0.3, 0.4) is 0 Å². The Hall–Kier alpha value is -1.41. The van der Waals surface area contributed by atoms with E-state index in [1.165, 1.54) is 4.57 Å². The number of rotatable bonds is 2. The van der Waals surface area contributed by atoms with Gasteiger partial charge < -0.3 is 10.3 Å². The second kappa shape index (κ2) is 4.85. The van der Waals surface area contributed by atoms with Crippen molar-refractivity contribution in [2.75, 3.05) is 13.1 Å². The fourth-order valence-corrected chi connectivity index (χ4v) is 2.85. The van der Waals surface area contributed by atoms with Crippen LogP contribution in [0.1, 0.15) is 18.1 Å². The van der Waals surface area contributed by atoms with E-state index in [9.17, 15) is 13.2 Å². The topological polar surface area (TPSA) is 60.0 Å². The van der Waals surface area contributed by atoms with Crippen LogP contribution in [-0.4, -0.2) is 38.8 Å². The van der Waals surface area contributed by atoms with Crippen LogP contribution < -0.4 is 5.73 Å². The van der Waals surface area contributed by atoms with Crippen LogP contribution in [0.5, 0.6) is 0 Å². The zero-order valence-corrected chi connectivity index (χ0v) is 10.8. The lowest BCUT2D eigenvalue weighted by molar-refractivity contribution is -0.148. The molecule has 20 heavy (non-hydrogen) atoms. The molecule has 0 bridgehead atoms. The van der Waals surface area contributed by atoms with E-state index in [-0.39, 0.29) is 12.6 Å². The number of alkyl halides is 3. The number of aromatic nitrogens is 3. The summed E-state index contributed by atoms with van der Waals surface area (Å²) in [6.45, 7) is 2.06. The average molecular weight is 287 g/mol. The van der Waals surface area contributed by atoms with E-state index in [0.29, 0.717) is 24.8 Å². The van der Waals surface area contributed by atoms with Gasteiger partial charge in [-0.15, -0.1) is 10.2 Å². The van der Waals surface area contributed by atoms with Gasteiger partial charge in [-0.1, -0.05) is 12.2 Å². The Morgan fingerprint density at radius 3 is 2.70 bits per heavy atom. The summed E-state index contributed by atoms with van der Waals surface area (Å²) in [6.07, 6.45) is 0.537.